The molecule has 5 heteroatoms. The number of carbonyl (C=O) groups excluding carboxylic acids is 3. The molecule has 0 bridgehead atoms. The van der Waals surface area contributed by atoms with Crippen LogP contribution in [0, 0.1) is 0 Å². The van der Waals surface area contributed by atoms with E-state index in [-0.39, 0.29) is 17.6 Å². The summed E-state index contributed by atoms with van der Waals surface area (Å²) in [7, 11) is 3.44. The molecule has 0 fully saturated rings. The highest BCUT2D eigenvalue weighted by Crippen LogP contribution is 2.27. The molecule has 0 aliphatic carbocycles. The van der Waals surface area contributed by atoms with E-state index in [1.165, 1.54) is 4.90 Å². The van der Waals surface area contributed by atoms with Gasteiger partial charge in [-0.25, -0.2) is 0 Å². The Morgan fingerprint density at radius 1 is 1.04 bits per heavy atom. The van der Waals surface area contributed by atoms with E-state index in [4.69, 9.17) is 0 Å². The van der Waals surface area contributed by atoms with E-state index in [1.54, 1.807) is 37.2 Å². The number of carbonyl (C=O) groups is 3. The number of hydrogen-bond acceptors (Lipinski definition) is 3. The van der Waals surface area contributed by atoms with Gasteiger partial charge in [0.2, 0.25) is 5.91 Å². The van der Waals surface area contributed by atoms with Gasteiger partial charge in [-0.1, -0.05) is 24.3 Å². The Balaban J connectivity index is 1.65. The fourth-order valence-electron chi connectivity index (χ4n) is 3.13. The van der Waals surface area contributed by atoms with E-state index in [2.05, 4.69) is 0 Å². The average molecular weight is 350 g/mol. The van der Waals surface area contributed by atoms with Crippen molar-refractivity contribution < 1.29 is 14.4 Å². The maximum atomic E-state index is 12.7. The third-order valence-electron chi connectivity index (χ3n) is 4.59. The summed E-state index contributed by atoms with van der Waals surface area (Å²) in [5.74, 6) is 0.0615. The van der Waals surface area contributed by atoms with Crippen LogP contribution in [0.15, 0.2) is 48.5 Å². The van der Waals surface area contributed by atoms with Gasteiger partial charge in [0, 0.05) is 44.6 Å². The van der Waals surface area contributed by atoms with Gasteiger partial charge in [-0.3, -0.25) is 14.4 Å². The van der Waals surface area contributed by atoms with Crippen molar-refractivity contribution >= 4 is 23.3 Å². The molecule has 2 aromatic carbocycles. The maximum Gasteiger partial charge on any atom is 0.253 e. The number of nitrogens with zero attached hydrogens (tertiary/aromatic N) is 2. The van der Waals surface area contributed by atoms with Gasteiger partial charge in [0.1, 0.15) is 0 Å². The first-order valence-corrected chi connectivity index (χ1v) is 8.70. The van der Waals surface area contributed by atoms with Gasteiger partial charge in [-0.15, -0.1) is 0 Å². The molecule has 0 saturated heterocycles. The van der Waals surface area contributed by atoms with Crippen molar-refractivity contribution in [2.45, 2.75) is 19.3 Å². The average Bonchev–Trinajstić information content (AvgIpc) is 2.66. The summed E-state index contributed by atoms with van der Waals surface area (Å²) in [6.45, 7) is 0.435. The number of para-hydroxylation sites is 1. The van der Waals surface area contributed by atoms with Crippen molar-refractivity contribution in [2.75, 3.05) is 25.5 Å². The van der Waals surface area contributed by atoms with Gasteiger partial charge in [-0.2, -0.15) is 0 Å². The minimum Gasteiger partial charge on any atom is -0.345 e. The monoisotopic (exact) mass is 350 g/mol. The Labute approximate surface area is 153 Å². The SMILES string of the molecule is CN(C)C(=O)c1ccc(CCC(=O)N2CCC(=O)c3ccccc32)cc1. The fourth-order valence-corrected chi connectivity index (χ4v) is 3.13. The molecule has 1 aliphatic heterocycles. The highest BCUT2D eigenvalue weighted by molar-refractivity contribution is 6.08. The topological polar surface area (TPSA) is 57.7 Å². The van der Waals surface area contributed by atoms with E-state index in [9.17, 15) is 14.4 Å². The van der Waals surface area contributed by atoms with Crippen LogP contribution in [0.3, 0.4) is 0 Å². The van der Waals surface area contributed by atoms with Crippen LogP contribution in [-0.2, 0) is 11.2 Å². The van der Waals surface area contributed by atoms with Gasteiger partial charge in [0.25, 0.3) is 5.91 Å². The second kappa shape index (κ2) is 7.52. The third kappa shape index (κ3) is 3.67. The summed E-state index contributed by atoms with van der Waals surface area (Å²) in [5, 5.41) is 0. The first-order valence-electron chi connectivity index (χ1n) is 8.70. The Morgan fingerprint density at radius 2 is 1.73 bits per heavy atom. The van der Waals surface area contributed by atoms with Crippen molar-refractivity contribution in [1.29, 1.82) is 0 Å². The summed E-state index contributed by atoms with van der Waals surface area (Å²) >= 11 is 0. The smallest absolute Gasteiger partial charge is 0.253 e. The van der Waals surface area contributed by atoms with Gasteiger partial charge in [-0.05, 0) is 36.2 Å². The molecular formula is C21H22N2O3. The number of ketones is 1. The molecule has 0 spiro atoms. The van der Waals surface area contributed by atoms with Crippen molar-refractivity contribution in [1.82, 2.24) is 4.90 Å². The van der Waals surface area contributed by atoms with Crippen molar-refractivity contribution in [3.63, 3.8) is 0 Å². The predicted molar refractivity (Wildman–Crippen MR) is 101 cm³/mol. The van der Waals surface area contributed by atoms with Gasteiger partial charge >= 0.3 is 0 Å². The molecule has 0 radical (unpaired) electrons. The summed E-state index contributed by atoms with van der Waals surface area (Å²) in [4.78, 5) is 39.8. The molecule has 1 aliphatic rings. The fraction of sp³-hybridized carbons (Fsp3) is 0.286. The zero-order valence-corrected chi connectivity index (χ0v) is 15.1. The van der Waals surface area contributed by atoms with Gasteiger partial charge in [0.05, 0.1) is 5.69 Å². The molecule has 0 N–H and O–H groups in total. The van der Waals surface area contributed by atoms with Gasteiger partial charge < -0.3 is 9.80 Å². The van der Waals surface area contributed by atoms with Crippen LogP contribution < -0.4 is 4.90 Å². The summed E-state index contributed by atoms with van der Waals surface area (Å²) in [6, 6.07) is 14.6. The second-order valence-electron chi connectivity index (χ2n) is 6.63. The van der Waals surface area contributed by atoms with Gasteiger partial charge in [0.15, 0.2) is 5.78 Å². The number of anilines is 1. The normalized spacial score (nSPS) is 13.3. The van der Waals surface area contributed by atoms with Crippen LogP contribution in [0.5, 0.6) is 0 Å². The molecule has 2 aromatic rings. The molecule has 2 amide bonds. The maximum absolute atomic E-state index is 12.7. The number of amides is 2. The second-order valence-corrected chi connectivity index (χ2v) is 6.63. The summed E-state index contributed by atoms with van der Waals surface area (Å²) < 4.78 is 0. The zero-order chi connectivity index (χ0) is 18.7. The number of aryl methyl sites for hydroxylation is 1. The number of fused-ring (bicyclic) bond motifs is 1. The molecule has 0 aromatic heterocycles. The Hall–Kier alpha value is -2.95. The molecule has 3 rings (SSSR count). The lowest BCUT2D eigenvalue weighted by Crippen LogP contribution is -2.37. The summed E-state index contributed by atoms with van der Waals surface area (Å²) in [5.41, 5.74) is 2.97. The molecule has 1 heterocycles. The molecule has 5 nitrogen and oxygen atoms in total. The van der Waals surface area contributed by atoms with E-state index in [1.807, 2.05) is 30.3 Å². The number of rotatable bonds is 4. The Kier molecular flexibility index (Phi) is 5.16. The quantitative estimate of drug-likeness (QED) is 0.852. The number of hydrogen-bond donors (Lipinski definition) is 0. The highest BCUT2D eigenvalue weighted by Gasteiger charge is 2.26. The van der Waals surface area contributed by atoms with Crippen LogP contribution in [0.2, 0.25) is 0 Å². The number of benzene rings is 2. The van der Waals surface area contributed by atoms with Crippen molar-refractivity contribution in [3.8, 4) is 0 Å². The van der Waals surface area contributed by atoms with Crippen LogP contribution in [0.25, 0.3) is 0 Å². The Morgan fingerprint density at radius 3 is 2.42 bits per heavy atom. The largest absolute Gasteiger partial charge is 0.345 e. The zero-order valence-electron chi connectivity index (χ0n) is 15.1. The van der Waals surface area contributed by atoms with Crippen LogP contribution in [-0.4, -0.2) is 43.1 Å². The minimum absolute atomic E-state index is 0.0124. The molecular weight excluding hydrogens is 328 g/mol. The third-order valence-corrected chi connectivity index (χ3v) is 4.59. The van der Waals surface area contributed by atoms with Crippen LogP contribution in [0.4, 0.5) is 5.69 Å². The van der Waals surface area contributed by atoms with E-state index < -0.39 is 0 Å². The minimum atomic E-state index is -0.0396. The van der Waals surface area contributed by atoms with E-state index in [0.717, 1.165) is 5.56 Å². The first kappa shape index (κ1) is 17.9. The van der Waals surface area contributed by atoms with E-state index in [0.29, 0.717) is 42.6 Å². The van der Waals surface area contributed by atoms with Crippen LogP contribution >= 0.6 is 0 Å². The van der Waals surface area contributed by atoms with Crippen molar-refractivity contribution in [2.24, 2.45) is 0 Å². The van der Waals surface area contributed by atoms with E-state index >= 15 is 0 Å². The molecule has 134 valence electrons. The Bertz CT molecular complexity index is 841. The lowest BCUT2D eigenvalue weighted by molar-refractivity contribution is -0.118. The first-order chi connectivity index (χ1) is 12.5. The molecule has 0 unspecified atom stereocenters. The molecule has 0 saturated carbocycles. The van der Waals surface area contributed by atoms with Crippen molar-refractivity contribution in [3.05, 3.63) is 65.2 Å². The highest BCUT2D eigenvalue weighted by atomic mass is 16.2. The summed E-state index contributed by atoms with van der Waals surface area (Å²) in [6.07, 6.45) is 1.33. The lowest BCUT2D eigenvalue weighted by Gasteiger charge is -2.28. The lowest BCUT2D eigenvalue weighted by atomic mass is 9.99. The number of Topliss-reactive ketones (excluding diaryl/α,β-unsaturated/α-hetero) is 1. The molecule has 26 heavy (non-hydrogen) atoms. The molecule has 0 atom stereocenters. The predicted octanol–water partition coefficient (Wildman–Crippen LogP) is 2.94. The van der Waals surface area contributed by atoms with Crippen LogP contribution in [0.1, 0.15) is 39.1 Å². The standard InChI is InChI=1S/C21H22N2O3/c1-22(2)21(26)16-10-7-15(8-11-16)9-12-20(25)23-14-13-19(24)17-5-3-4-6-18(17)23/h3-8,10-11H,9,12-14H2,1-2H3.